The Balaban J connectivity index is 1.74. The van der Waals surface area contributed by atoms with Crippen molar-refractivity contribution in [3.05, 3.63) is 48.5 Å². The molecule has 0 spiro atoms. The van der Waals surface area contributed by atoms with Crippen LogP contribution in [0.25, 0.3) is 0 Å². The van der Waals surface area contributed by atoms with Crippen LogP contribution in [0.1, 0.15) is 33.6 Å². The quantitative estimate of drug-likeness (QED) is 0.421. The second-order valence-corrected chi connectivity index (χ2v) is 8.57. The minimum atomic E-state index is -0.801. The smallest absolute Gasteiger partial charge is 0.256 e. The van der Waals surface area contributed by atoms with Crippen molar-refractivity contribution in [2.24, 2.45) is 0 Å². The number of benzene rings is 2. The molecule has 9 nitrogen and oxygen atoms in total. The van der Waals surface area contributed by atoms with Crippen LogP contribution in [0.2, 0.25) is 0 Å². The Morgan fingerprint density at radius 2 is 1.64 bits per heavy atom. The highest BCUT2D eigenvalue weighted by molar-refractivity contribution is 7.80. The van der Waals surface area contributed by atoms with Gasteiger partial charge < -0.3 is 25.0 Å². The molecule has 10 heteroatoms. The summed E-state index contributed by atoms with van der Waals surface area (Å²) >= 11 is 5.63. The van der Waals surface area contributed by atoms with Gasteiger partial charge in [-0.3, -0.25) is 19.3 Å². The Morgan fingerprint density at radius 1 is 1.00 bits per heavy atom. The molecule has 192 valence electrons. The van der Waals surface area contributed by atoms with E-state index >= 15 is 0 Å². The van der Waals surface area contributed by atoms with Gasteiger partial charge >= 0.3 is 0 Å². The van der Waals surface area contributed by atoms with Crippen LogP contribution in [0.5, 0.6) is 11.5 Å². The summed E-state index contributed by atoms with van der Waals surface area (Å²) in [5.74, 6) is 0.599. The van der Waals surface area contributed by atoms with Crippen LogP contribution in [-0.2, 0) is 14.4 Å². The summed E-state index contributed by atoms with van der Waals surface area (Å²) in [6.45, 7) is 7.07. The van der Waals surface area contributed by atoms with Crippen LogP contribution in [0.15, 0.2) is 48.5 Å². The number of ether oxygens (including phenoxy) is 2. The molecule has 3 rings (SSSR count). The summed E-state index contributed by atoms with van der Waals surface area (Å²) in [7, 11) is 0. The molecule has 0 aromatic heterocycles. The van der Waals surface area contributed by atoms with Crippen molar-refractivity contribution in [1.82, 2.24) is 10.2 Å². The van der Waals surface area contributed by atoms with Crippen LogP contribution < -0.4 is 25.0 Å². The van der Waals surface area contributed by atoms with Gasteiger partial charge in [-0.05, 0) is 74.1 Å². The van der Waals surface area contributed by atoms with Crippen molar-refractivity contribution in [2.75, 3.05) is 36.5 Å². The number of amides is 3. The molecule has 1 fully saturated rings. The van der Waals surface area contributed by atoms with Gasteiger partial charge in [0, 0.05) is 25.7 Å². The second-order valence-electron chi connectivity index (χ2n) is 8.20. The van der Waals surface area contributed by atoms with Crippen molar-refractivity contribution in [3.63, 3.8) is 0 Å². The lowest BCUT2D eigenvalue weighted by atomic mass is 10.1. The maximum Gasteiger partial charge on any atom is 0.256 e. The molecule has 1 aliphatic rings. The Kier molecular flexibility index (Phi) is 9.63. The fourth-order valence-corrected chi connectivity index (χ4v) is 4.19. The topological polar surface area (TPSA) is 100 Å². The van der Waals surface area contributed by atoms with Gasteiger partial charge in [-0.1, -0.05) is 6.92 Å². The first-order chi connectivity index (χ1) is 17.3. The number of nitrogens with one attached hydrogen (secondary N) is 2. The fraction of sp³-hybridized carbons (Fsp3) is 0.385. The number of nitrogens with zero attached hydrogens (tertiary/aromatic N) is 2. The summed E-state index contributed by atoms with van der Waals surface area (Å²) in [6.07, 6.45) is 0.808. The maximum absolute atomic E-state index is 13.4. The van der Waals surface area contributed by atoms with E-state index in [0.29, 0.717) is 36.9 Å². The van der Waals surface area contributed by atoms with Crippen molar-refractivity contribution >= 4 is 46.4 Å². The number of anilines is 2. The standard InChI is InChI=1S/C26H32N4O5S/c1-4-16-35-22-10-6-19(7-11-22)28-24(32)17-23-25(33)30(20-8-12-21(13-9-20)34-5-2)26(36)29(23)15-14-27-18(3)31/h6-13,23H,4-5,14-17H2,1-3H3,(H,27,31)(H,28,32)/t23-/m1/s1. The molecule has 3 amide bonds. The first kappa shape index (κ1) is 26.9. The zero-order valence-electron chi connectivity index (χ0n) is 20.8. The predicted molar refractivity (Wildman–Crippen MR) is 142 cm³/mol. The Bertz CT molecular complexity index is 1070. The second kappa shape index (κ2) is 12.9. The van der Waals surface area contributed by atoms with Gasteiger partial charge in [0.05, 0.1) is 25.3 Å². The van der Waals surface area contributed by atoms with Crippen LogP contribution in [0, 0.1) is 0 Å². The summed E-state index contributed by atoms with van der Waals surface area (Å²) < 4.78 is 11.1. The molecule has 36 heavy (non-hydrogen) atoms. The number of thiocarbonyl (C=S) groups is 1. The summed E-state index contributed by atoms with van der Waals surface area (Å²) in [4.78, 5) is 40.8. The van der Waals surface area contributed by atoms with E-state index in [1.807, 2.05) is 13.8 Å². The lowest BCUT2D eigenvalue weighted by Gasteiger charge is -2.24. The highest BCUT2D eigenvalue weighted by Crippen LogP contribution is 2.29. The van der Waals surface area contributed by atoms with Crippen LogP contribution in [0.3, 0.4) is 0 Å². The van der Waals surface area contributed by atoms with Crippen molar-refractivity contribution < 1.29 is 23.9 Å². The van der Waals surface area contributed by atoms with E-state index in [-0.39, 0.29) is 35.8 Å². The largest absolute Gasteiger partial charge is 0.494 e. The molecule has 1 heterocycles. The number of hydrogen-bond donors (Lipinski definition) is 2. The van der Waals surface area contributed by atoms with E-state index in [9.17, 15) is 14.4 Å². The highest BCUT2D eigenvalue weighted by atomic mass is 32.1. The third-order valence-electron chi connectivity index (χ3n) is 5.44. The van der Waals surface area contributed by atoms with E-state index in [1.54, 1.807) is 53.4 Å². The molecule has 0 saturated carbocycles. The highest BCUT2D eigenvalue weighted by Gasteiger charge is 2.43. The van der Waals surface area contributed by atoms with E-state index in [0.717, 1.165) is 12.2 Å². The summed E-state index contributed by atoms with van der Waals surface area (Å²) in [5.41, 5.74) is 1.19. The van der Waals surface area contributed by atoms with Crippen LogP contribution >= 0.6 is 12.2 Å². The van der Waals surface area contributed by atoms with Crippen LogP contribution in [-0.4, -0.2) is 60.1 Å². The number of rotatable bonds is 12. The van der Waals surface area contributed by atoms with E-state index in [4.69, 9.17) is 21.7 Å². The third-order valence-corrected chi connectivity index (χ3v) is 5.86. The molecular weight excluding hydrogens is 480 g/mol. The molecule has 0 bridgehead atoms. The monoisotopic (exact) mass is 512 g/mol. The van der Waals surface area contributed by atoms with Gasteiger partial charge in [-0.15, -0.1) is 0 Å². The number of carbonyl (C=O) groups is 3. The molecule has 0 unspecified atom stereocenters. The third kappa shape index (κ3) is 6.94. The van der Waals surface area contributed by atoms with Crippen LogP contribution in [0.4, 0.5) is 11.4 Å². The summed E-state index contributed by atoms with van der Waals surface area (Å²) in [5, 5.41) is 5.84. The van der Waals surface area contributed by atoms with E-state index in [2.05, 4.69) is 10.6 Å². The van der Waals surface area contributed by atoms with Gasteiger partial charge in [-0.2, -0.15) is 0 Å². The van der Waals surface area contributed by atoms with Crippen molar-refractivity contribution in [2.45, 2.75) is 39.7 Å². The lowest BCUT2D eigenvalue weighted by molar-refractivity contribution is -0.124. The van der Waals surface area contributed by atoms with Gasteiger partial charge in [0.1, 0.15) is 17.5 Å². The van der Waals surface area contributed by atoms with Gasteiger partial charge in [0.25, 0.3) is 5.91 Å². The van der Waals surface area contributed by atoms with Crippen molar-refractivity contribution in [3.8, 4) is 11.5 Å². The predicted octanol–water partition coefficient (Wildman–Crippen LogP) is 3.34. The maximum atomic E-state index is 13.4. The summed E-state index contributed by atoms with van der Waals surface area (Å²) in [6, 6.07) is 13.3. The van der Waals surface area contributed by atoms with Crippen molar-refractivity contribution in [1.29, 1.82) is 0 Å². The molecule has 1 saturated heterocycles. The zero-order valence-corrected chi connectivity index (χ0v) is 21.6. The Hall–Kier alpha value is -3.66. The first-order valence-electron chi connectivity index (χ1n) is 12.0. The Labute approximate surface area is 216 Å². The minimum Gasteiger partial charge on any atom is -0.494 e. The molecular formula is C26H32N4O5S. The average molecular weight is 513 g/mol. The lowest BCUT2D eigenvalue weighted by Crippen LogP contribution is -2.42. The van der Waals surface area contributed by atoms with E-state index < -0.39 is 6.04 Å². The van der Waals surface area contributed by atoms with Gasteiger partial charge in [0.15, 0.2) is 5.11 Å². The average Bonchev–Trinajstić information content (AvgIpc) is 3.08. The molecule has 2 aromatic carbocycles. The first-order valence-corrected chi connectivity index (χ1v) is 12.4. The normalized spacial score (nSPS) is 15.1. The molecule has 2 N–H and O–H groups in total. The van der Waals surface area contributed by atoms with Gasteiger partial charge in [0.2, 0.25) is 11.8 Å². The fourth-order valence-electron chi connectivity index (χ4n) is 3.78. The molecule has 0 aliphatic carbocycles. The molecule has 0 radical (unpaired) electrons. The van der Waals surface area contributed by atoms with Gasteiger partial charge in [-0.25, -0.2) is 0 Å². The SMILES string of the molecule is CCCOc1ccc(NC(=O)C[C@@H]2C(=O)N(c3ccc(OCC)cc3)C(=S)N2CCNC(C)=O)cc1. The number of carbonyl (C=O) groups excluding carboxylic acids is 3. The molecule has 2 aromatic rings. The minimum absolute atomic E-state index is 0.0966. The Morgan fingerprint density at radius 3 is 2.25 bits per heavy atom. The molecule has 1 atom stereocenters. The zero-order chi connectivity index (χ0) is 26.1. The molecule has 1 aliphatic heterocycles. The van der Waals surface area contributed by atoms with E-state index in [1.165, 1.54) is 11.8 Å². The number of hydrogen-bond acceptors (Lipinski definition) is 6.